The van der Waals surface area contributed by atoms with Crippen LogP contribution in [0.4, 0.5) is 11.5 Å². The smallest absolute Gasteiger partial charge is 0.331 e. The van der Waals surface area contributed by atoms with E-state index in [1.165, 1.54) is 12.8 Å². The summed E-state index contributed by atoms with van der Waals surface area (Å²) in [5.74, 6) is 2.93. The predicted molar refractivity (Wildman–Crippen MR) is 115 cm³/mol. The Labute approximate surface area is 170 Å². The molecule has 152 valence electrons. The first-order chi connectivity index (χ1) is 14.2. The molecule has 1 aromatic carbocycles. The lowest BCUT2D eigenvalue weighted by molar-refractivity contribution is 0.566. The van der Waals surface area contributed by atoms with Gasteiger partial charge in [-0.25, -0.2) is 14.8 Å². The zero-order valence-electron chi connectivity index (χ0n) is 16.9. The molecule has 4 aliphatic rings. The summed E-state index contributed by atoms with van der Waals surface area (Å²) in [4.78, 5) is 23.0. The minimum absolute atomic E-state index is 0.0157. The van der Waals surface area contributed by atoms with Crippen molar-refractivity contribution in [3.63, 3.8) is 0 Å². The number of imidazole rings is 1. The molecule has 1 aliphatic carbocycles. The van der Waals surface area contributed by atoms with Crippen molar-refractivity contribution >= 4 is 11.5 Å². The second kappa shape index (κ2) is 7.54. The summed E-state index contributed by atoms with van der Waals surface area (Å²) >= 11 is 0. The maximum atomic E-state index is 13.2. The van der Waals surface area contributed by atoms with Gasteiger partial charge in [-0.05, 0) is 31.4 Å². The third-order valence-corrected chi connectivity index (χ3v) is 6.11. The van der Waals surface area contributed by atoms with Crippen molar-refractivity contribution in [2.24, 2.45) is 0 Å². The van der Waals surface area contributed by atoms with Crippen LogP contribution in [0.25, 0.3) is 11.5 Å². The molecule has 1 atom stereocenters. The highest BCUT2D eigenvalue weighted by Crippen LogP contribution is 2.37. The van der Waals surface area contributed by atoms with Gasteiger partial charge in [0.1, 0.15) is 17.3 Å². The quantitative estimate of drug-likeness (QED) is 0.671. The van der Waals surface area contributed by atoms with Crippen molar-refractivity contribution < 1.29 is 0 Å². The highest BCUT2D eigenvalue weighted by Gasteiger charge is 2.33. The summed E-state index contributed by atoms with van der Waals surface area (Å²) < 4.78 is 3.67. The van der Waals surface area contributed by atoms with Gasteiger partial charge in [0.15, 0.2) is 5.82 Å². The molecular formula is C22H28N6O. The van der Waals surface area contributed by atoms with E-state index in [2.05, 4.69) is 29.7 Å². The van der Waals surface area contributed by atoms with Gasteiger partial charge in [-0.1, -0.05) is 38.0 Å². The zero-order chi connectivity index (χ0) is 19.8. The van der Waals surface area contributed by atoms with Gasteiger partial charge in [-0.15, -0.1) is 0 Å². The molecule has 1 fully saturated rings. The van der Waals surface area contributed by atoms with Gasteiger partial charge in [-0.3, -0.25) is 9.13 Å². The first kappa shape index (κ1) is 18.2. The number of hydrogen-bond acceptors (Lipinski definition) is 5. The Bertz CT molecular complexity index is 1020. The molecule has 1 unspecified atom stereocenters. The monoisotopic (exact) mass is 392 g/mol. The van der Waals surface area contributed by atoms with E-state index in [1.807, 2.05) is 27.3 Å². The first-order valence-corrected chi connectivity index (χ1v) is 10.8. The van der Waals surface area contributed by atoms with E-state index in [1.54, 1.807) is 0 Å². The number of anilines is 2. The molecule has 0 radical (unpaired) electrons. The minimum Gasteiger partial charge on any atom is -0.383 e. The Morgan fingerprint density at radius 2 is 1.97 bits per heavy atom. The molecule has 7 nitrogen and oxygen atoms in total. The number of aromatic nitrogens is 4. The van der Waals surface area contributed by atoms with Crippen molar-refractivity contribution in [3.8, 4) is 11.5 Å². The number of fused-ring (bicyclic) bond motifs is 3. The van der Waals surface area contributed by atoms with Crippen LogP contribution in [0.15, 0.2) is 35.1 Å². The molecule has 0 bridgehead atoms. The van der Waals surface area contributed by atoms with Crippen molar-refractivity contribution in [1.29, 1.82) is 0 Å². The third kappa shape index (κ3) is 3.28. The van der Waals surface area contributed by atoms with Gasteiger partial charge in [0.25, 0.3) is 0 Å². The van der Waals surface area contributed by atoms with E-state index >= 15 is 0 Å². The maximum absolute atomic E-state index is 13.2. The molecule has 0 amide bonds. The second-order valence-corrected chi connectivity index (χ2v) is 8.22. The van der Waals surface area contributed by atoms with Crippen LogP contribution in [0, 0.1) is 0 Å². The van der Waals surface area contributed by atoms with Crippen LogP contribution < -0.4 is 16.3 Å². The highest BCUT2D eigenvalue weighted by molar-refractivity contribution is 5.70. The van der Waals surface area contributed by atoms with Crippen LogP contribution in [-0.2, 0) is 13.1 Å². The topological polar surface area (TPSA) is 76.8 Å². The summed E-state index contributed by atoms with van der Waals surface area (Å²) in [6.45, 7) is 4.14. The number of hydrogen-bond donors (Lipinski definition) is 2. The lowest BCUT2D eigenvalue weighted by Crippen LogP contribution is -2.33. The fourth-order valence-corrected chi connectivity index (χ4v) is 4.64. The van der Waals surface area contributed by atoms with E-state index in [9.17, 15) is 4.79 Å². The lowest BCUT2D eigenvalue weighted by atomic mass is 10.1. The predicted octanol–water partition coefficient (Wildman–Crippen LogP) is 3.52. The number of nitrogens with zero attached hydrogens (tertiary/aromatic N) is 4. The van der Waals surface area contributed by atoms with Gasteiger partial charge in [0.05, 0.1) is 12.6 Å². The zero-order valence-corrected chi connectivity index (χ0v) is 16.9. The molecule has 2 N–H and O–H groups in total. The summed E-state index contributed by atoms with van der Waals surface area (Å²) in [6.07, 6.45) is 5.69. The fourth-order valence-electron chi connectivity index (χ4n) is 4.64. The van der Waals surface area contributed by atoms with Crippen LogP contribution in [0.2, 0.25) is 0 Å². The molecular weight excluding hydrogens is 364 g/mol. The van der Waals surface area contributed by atoms with E-state index < -0.39 is 0 Å². The van der Waals surface area contributed by atoms with Crippen molar-refractivity contribution in [3.05, 3.63) is 46.6 Å². The van der Waals surface area contributed by atoms with E-state index in [4.69, 9.17) is 9.97 Å². The summed E-state index contributed by atoms with van der Waals surface area (Å²) in [5.41, 5.74) is 1.95. The molecule has 0 aromatic heterocycles. The number of para-hydroxylation sites is 1. The standard InChI is InChI=1S/C22H28N6O/c1-2-12-27-21-18(25-19(26-21)15-8-6-7-9-15)20-24-17(14-28(20)22(27)29)13-23-16-10-4-3-5-11-16/h3-5,10-11,15,17,23-24H,2,6-9,12-14H2,1H3. The normalized spacial score (nSPS) is 18.9. The Hall–Kier alpha value is -2.83. The highest BCUT2D eigenvalue weighted by atomic mass is 16.1. The van der Waals surface area contributed by atoms with Gasteiger partial charge in [0.2, 0.25) is 0 Å². The molecule has 3 heterocycles. The molecule has 29 heavy (non-hydrogen) atoms. The second-order valence-electron chi connectivity index (χ2n) is 8.22. The van der Waals surface area contributed by atoms with Crippen molar-refractivity contribution in [1.82, 2.24) is 19.1 Å². The van der Waals surface area contributed by atoms with E-state index in [0.717, 1.165) is 54.7 Å². The maximum Gasteiger partial charge on any atom is 0.331 e. The molecule has 7 heteroatoms. The van der Waals surface area contributed by atoms with Crippen LogP contribution in [0.1, 0.15) is 50.8 Å². The number of rotatable bonds is 6. The van der Waals surface area contributed by atoms with Crippen LogP contribution >= 0.6 is 0 Å². The van der Waals surface area contributed by atoms with Crippen LogP contribution in [-0.4, -0.2) is 31.7 Å². The molecule has 1 saturated carbocycles. The molecule has 0 saturated heterocycles. The van der Waals surface area contributed by atoms with Gasteiger partial charge in [0, 0.05) is 24.7 Å². The van der Waals surface area contributed by atoms with Gasteiger partial charge in [-0.2, -0.15) is 0 Å². The summed E-state index contributed by atoms with van der Waals surface area (Å²) in [7, 11) is 0. The minimum atomic E-state index is 0.0157. The Morgan fingerprint density at radius 3 is 2.72 bits per heavy atom. The first-order valence-electron chi connectivity index (χ1n) is 10.8. The van der Waals surface area contributed by atoms with Gasteiger partial charge < -0.3 is 10.6 Å². The Kier molecular flexibility index (Phi) is 4.73. The number of benzene rings is 1. The van der Waals surface area contributed by atoms with Gasteiger partial charge >= 0.3 is 5.69 Å². The van der Waals surface area contributed by atoms with Crippen molar-refractivity contribution in [2.75, 3.05) is 17.2 Å². The molecule has 0 spiro atoms. The molecule has 5 rings (SSSR count). The Balaban J connectivity index is 1.47. The SMILES string of the molecule is CCCn1c2nc(C3CCCC3)nc-2c2n(c1=O)CC(CNc1ccccc1)N2. The average molecular weight is 393 g/mol. The van der Waals surface area contributed by atoms with E-state index in [0.29, 0.717) is 19.0 Å². The average Bonchev–Trinajstić information content (AvgIpc) is 3.49. The fraction of sp³-hybridized carbons (Fsp3) is 0.500. The van der Waals surface area contributed by atoms with Crippen LogP contribution in [0.3, 0.4) is 0 Å². The number of nitrogens with one attached hydrogen (secondary N) is 2. The summed E-state index contributed by atoms with van der Waals surface area (Å²) in [6, 6.07) is 10.3. The summed E-state index contributed by atoms with van der Waals surface area (Å²) in [5, 5.41) is 7.00. The van der Waals surface area contributed by atoms with Crippen molar-refractivity contribution in [2.45, 2.75) is 64.1 Å². The molecule has 1 aromatic rings. The Morgan fingerprint density at radius 1 is 1.17 bits per heavy atom. The third-order valence-electron chi connectivity index (χ3n) is 6.11. The molecule has 3 aliphatic heterocycles. The lowest BCUT2D eigenvalue weighted by Gasteiger charge is -2.13. The van der Waals surface area contributed by atoms with Crippen LogP contribution in [0.5, 0.6) is 0 Å². The largest absolute Gasteiger partial charge is 0.383 e. The van der Waals surface area contributed by atoms with E-state index in [-0.39, 0.29) is 11.7 Å².